The van der Waals surface area contributed by atoms with Crippen molar-refractivity contribution in [3.63, 3.8) is 0 Å². The number of anilines is 2. The molecule has 6 rings (SSSR count). The van der Waals surface area contributed by atoms with Crippen LogP contribution in [0.2, 0.25) is 0 Å². The summed E-state index contributed by atoms with van der Waals surface area (Å²) < 4.78 is 13.5. The topological polar surface area (TPSA) is 65.6 Å². The first kappa shape index (κ1) is 19.7. The van der Waals surface area contributed by atoms with Gasteiger partial charge in [0.05, 0.1) is 17.4 Å². The molecule has 1 aromatic heterocycles. The van der Waals surface area contributed by atoms with Crippen molar-refractivity contribution in [2.75, 3.05) is 9.96 Å². The van der Waals surface area contributed by atoms with E-state index in [1.807, 2.05) is 61.5 Å². The van der Waals surface area contributed by atoms with Crippen LogP contribution in [0.15, 0.2) is 78.9 Å². The molecule has 0 unspecified atom stereocenters. The molecule has 3 aromatic carbocycles. The molecule has 0 radical (unpaired) electrons. The highest BCUT2D eigenvalue weighted by Crippen LogP contribution is 2.49. The monoisotopic (exact) mass is 441 g/mol. The number of H-pyrrole nitrogens is 1. The fourth-order valence-corrected chi connectivity index (χ4v) is 5.03. The molecular formula is C26H20FN3O3. The van der Waals surface area contributed by atoms with E-state index in [0.717, 1.165) is 32.7 Å². The molecule has 6 nitrogen and oxygen atoms in total. The van der Waals surface area contributed by atoms with Gasteiger partial charge in [-0.3, -0.25) is 14.4 Å². The van der Waals surface area contributed by atoms with Gasteiger partial charge in [-0.2, -0.15) is 0 Å². The first-order valence-corrected chi connectivity index (χ1v) is 10.8. The van der Waals surface area contributed by atoms with E-state index in [1.165, 1.54) is 24.3 Å². The van der Waals surface area contributed by atoms with Gasteiger partial charge in [-0.15, -0.1) is 0 Å². The van der Waals surface area contributed by atoms with Crippen LogP contribution in [-0.2, 0) is 14.4 Å². The molecule has 164 valence electrons. The molecule has 1 N–H and O–H groups in total. The summed E-state index contributed by atoms with van der Waals surface area (Å²) in [5.41, 5.74) is 3.88. The second-order valence-electron chi connectivity index (χ2n) is 8.36. The van der Waals surface area contributed by atoms with Crippen molar-refractivity contribution < 1.29 is 18.8 Å². The number of aromatic amines is 1. The number of benzene rings is 3. The van der Waals surface area contributed by atoms with Crippen LogP contribution in [0.4, 0.5) is 15.8 Å². The van der Waals surface area contributed by atoms with E-state index in [0.29, 0.717) is 5.69 Å². The summed E-state index contributed by atoms with van der Waals surface area (Å²) in [5.74, 6) is -1.99. The van der Waals surface area contributed by atoms with Crippen molar-refractivity contribution in [2.45, 2.75) is 19.1 Å². The van der Waals surface area contributed by atoms with Gasteiger partial charge in [-0.05, 0) is 49.4 Å². The number of hydrogen-bond acceptors (Lipinski definition) is 4. The van der Waals surface area contributed by atoms with Gasteiger partial charge in [0.2, 0.25) is 5.91 Å². The summed E-state index contributed by atoms with van der Waals surface area (Å²) in [6, 6.07) is 22.2. The van der Waals surface area contributed by atoms with Crippen molar-refractivity contribution in [1.29, 1.82) is 0 Å². The Balaban J connectivity index is 1.51. The van der Waals surface area contributed by atoms with Gasteiger partial charge in [0.25, 0.3) is 5.91 Å². The minimum Gasteiger partial charge on any atom is -0.358 e. The van der Waals surface area contributed by atoms with Crippen molar-refractivity contribution in [1.82, 2.24) is 4.98 Å². The molecule has 2 saturated heterocycles. The third kappa shape index (κ3) is 2.89. The lowest BCUT2D eigenvalue weighted by atomic mass is 9.89. The van der Waals surface area contributed by atoms with Crippen LogP contribution >= 0.6 is 0 Å². The average Bonchev–Trinajstić information content (AvgIpc) is 3.44. The van der Waals surface area contributed by atoms with Gasteiger partial charge in [0, 0.05) is 22.2 Å². The van der Waals surface area contributed by atoms with E-state index in [2.05, 4.69) is 4.98 Å². The lowest BCUT2D eigenvalue weighted by Gasteiger charge is -2.29. The maximum Gasteiger partial charge on any atom is 0.266 e. The Labute approximate surface area is 189 Å². The van der Waals surface area contributed by atoms with Crippen molar-refractivity contribution in [3.05, 3.63) is 95.9 Å². The highest BCUT2D eigenvalue weighted by molar-refractivity contribution is 6.24. The lowest BCUT2D eigenvalue weighted by molar-refractivity contribution is -0.126. The molecule has 7 heteroatoms. The number of halogens is 1. The normalized spacial score (nSPS) is 22.4. The maximum absolute atomic E-state index is 13.7. The first-order chi connectivity index (χ1) is 16.0. The third-order valence-electron chi connectivity index (χ3n) is 6.45. The van der Waals surface area contributed by atoms with E-state index in [1.54, 1.807) is 5.06 Å². The van der Waals surface area contributed by atoms with Crippen LogP contribution in [0.25, 0.3) is 10.9 Å². The molecule has 2 amide bonds. The number of aryl methyl sites for hydroxylation is 1. The largest absolute Gasteiger partial charge is 0.358 e. The molecule has 0 aliphatic carbocycles. The SMILES string of the molecule is Cc1[nH]c2ccccc2c1[C@@H]1[C@H]2C(=O)N(c3ccc(F)cc3)C(=O)[C@H]2ON1c1ccccc1. The summed E-state index contributed by atoms with van der Waals surface area (Å²) in [4.78, 5) is 37.8. The lowest BCUT2D eigenvalue weighted by Crippen LogP contribution is -2.37. The number of imide groups is 1. The van der Waals surface area contributed by atoms with Crippen molar-refractivity contribution >= 4 is 34.1 Å². The summed E-state index contributed by atoms with van der Waals surface area (Å²) >= 11 is 0. The van der Waals surface area contributed by atoms with Crippen LogP contribution in [0, 0.1) is 18.7 Å². The number of hydroxylamine groups is 1. The van der Waals surface area contributed by atoms with Crippen LogP contribution in [0.5, 0.6) is 0 Å². The molecule has 3 heterocycles. The van der Waals surface area contributed by atoms with E-state index in [4.69, 9.17) is 4.84 Å². The van der Waals surface area contributed by atoms with Gasteiger partial charge in [0.1, 0.15) is 11.7 Å². The van der Waals surface area contributed by atoms with Crippen molar-refractivity contribution in [3.8, 4) is 0 Å². The second kappa shape index (κ2) is 7.28. The molecule has 3 atom stereocenters. The van der Waals surface area contributed by atoms with E-state index in [9.17, 15) is 14.0 Å². The molecule has 0 bridgehead atoms. The van der Waals surface area contributed by atoms with E-state index in [-0.39, 0.29) is 5.91 Å². The molecular weight excluding hydrogens is 421 g/mol. The number of aromatic nitrogens is 1. The van der Waals surface area contributed by atoms with Crippen LogP contribution in [-0.4, -0.2) is 22.9 Å². The smallest absolute Gasteiger partial charge is 0.266 e. The highest BCUT2D eigenvalue weighted by Gasteiger charge is 2.60. The van der Waals surface area contributed by atoms with Gasteiger partial charge in [0.15, 0.2) is 6.10 Å². The van der Waals surface area contributed by atoms with E-state index < -0.39 is 29.8 Å². The maximum atomic E-state index is 13.7. The quantitative estimate of drug-likeness (QED) is 0.470. The first-order valence-electron chi connectivity index (χ1n) is 10.8. The molecule has 0 saturated carbocycles. The Morgan fingerprint density at radius 3 is 2.30 bits per heavy atom. The van der Waals surface area contributed by atoms with Crippen LogP contribution in [0.3, 0.4) is 0 Å². The number of amides is 2. The standard InChI is InChI=1S/C26H20FN3O3/c1-15-21(19-9-5-6-10-20(19)28-15)23-22-24(33-30(23)18-7-3-2-4-8-18)26(32)29(25(22)31)17-13-11-16(27)12-14-17/h2-14,22-24,28H,1H3/t22-,23-,24+/m1/s1. The minimum atomic E-state index is -0.971. The summed E-state index contributed by atoms with van der Waals surface area (Å²) in [5, 5.41) is 2.67. The van der Waals surface area contributed by atoms with Gasteiger partial charge in [-0.25, -0.2) is 14.4 Å². The fourth-order valence-electron chi connectivity index (χ4n) is 5.03. The Morgan fingerprint density at radius 2 is 1.55 bits per heavy atom. The number of nitrogens with one attached hydrogen (secondary N) is 1. The third-order valence-corrected chi connectivity index (χ3v) is 6.45. The number of hydrogen-bond donors (Lipinski definition) is 1. The molecule has 2 fully saturated rings. The zero-order valence-corrected chi connectivity index (χ0v) is 17.7. The fraction of sp³-hybridized carbons (Fsp3) is 0.154. The molecule has 0 spiro atoms. The number of fused-ring (bicyclic) bond motifs is 2. The zero-order chi connectivity index (χ0) is 22.7. The Kier molecular flexibility index (Phi) is 4.35. The second-order valence-corrected chi connectivity index (χ2v) is 8.36. The summed E-state index contributed by atoms with van der Waals surface area (Å²) in [6.45, 7) is 1.96. The van der Waals surface area contributed by atoms with Crippen LogP contribution in [0.1, 0.15) is 17.3 Å². The van der Waals surface area contributed by atoms with Crippen LogP contribution < -0.4 is 9.96 Å². The number of carbonyl (C=O) groups excluding carboxylic acids is 2. The number of nitrogens with zero attached hydrogens (tertiary/aromatic N) is 2. The van der Waals surface area contributed by atoms with Crippen molar-refractivity contribution in [2.24, 2.45) is 5.92 Å². The summed E-state index contributed by atoms with van der Waals surface area (Å²) in [6.07, 6.45) is -0.971. The van der Waals surface area contributed by atoms with Gasteiger partial charge in [-0.1, -0.05) is 36.4 Å². The number of carbonyl (C=O) groups is 2. The van der Waals surface area contributed by atoms with Gasteiger partial charge < -0.3 is 4.98 Å². The van der Waals surface area contributed by atoms with E-state index >= 15 is 0 Å². The average molecular weight is 441 g/mol. The predicted molar refractivity (Wildman–Crippen MR) is 122 cm³/mol. The Morgan fingerprint density at radius 1 is 0.848 bits per heavy atom. The number of rotatable bonds is 3. The molecule has 4 aromatic rings. The van der Waals surface area contributed by atoms with Gasteiger partial charge >= 0.3 is 0 Å². The number of para-hydroxylation sites is 2. The molecule has 2 aliphatic heterocycles. The molecule has 33 heavy (non-hydrogen) atoms. The minimum absolute atomic E-state index is 0.338. The Bertz CT molecular complexity index is 1380. The molecule has 2 aliphatic rings. The Hall–Kier alpha value is -3.97. The zero-order valence-electron chi connectivity index (χ0n) is 17.7. The predicted octanol–water partition coefficient (Wildman–Crippen LogP) is 4.67. The summed E-state index contributed by atoms with van der Waals surface area (Å²) in [7, 11) is 0. The highest BCUT2D eigenvalue weighted by atomic mass is 19.1.